The summed E-state index contributed by atoms with van der Waals surface area (Å²) in [5.41, 5.74) is 1.16. The zero-order valence-electron chi connectivity index (χ0n) is 11.4. The van der Waals surface area contributed by atoms with E-state index in [0.717, 1.165) is 23.6 Å². The fraction of sp³-hybridized carbons (Fsp3) is 0.571. The van der Waals surface area contributed by atoms with Gasteiger partial charge in [-0.2, -0.15) is 0 Å². The zero-order chi connectivity index (χ0) is 13.4. The van der Waals surface area contributed by atoms with Gasteiger partial charge in [-0.05, 0) is 31.7 Å². The molecule has 2 N–H and O–H groups in total. The van der Waals surface area contributed by atoms with E-state index in [2.05, 4.69) is 5.32 Å². The maximum absolute atomic E-state index is 8.98. The first-order valence-electron chi connectivity index (χ1n) is 6.35. The lowest BCUT2D eigenvalue weighted by molar-refractivity contribution is 0.170. The lowest BCUT2D eigenvalue weighted by atomic mass is 10.2. The Hall–Kier alpha value is -1.26. The Balaban J connectivity index is 2.75. The molecule has 0 bridgehead atoms. The summed E-state index contributed by atoms with van der Waals surface area (Å²) in [6, 6.07) is 5.92. The summed E-state index contributed by atoms with van der Waals surface area (Å²) < 4.78 is 11.2. The second kappa shape index (κ2) is 7.95. The van der Waals surface area contributed by atoms with Gasteiger partial charge < -0.3 is 19.9 Å². The highest BCUT2D eigenvalue weighted by Gasteiger charge is 2.08. The molecule has 1 atom stereocenters. The van der Waals surface area contributed by atoms with Crippen molar-refractivity contribution in [2.75, 3.05) is 26.9 Å². The summed E-state index contributed by atoms with van der Waals surface area (Å²) in [5, 5.41) is 12.1. The van der Waals surface area contributed by atoms with Crippen molar-refractivity contribution in [2.24, 2.45) is 5.92 Å². The van der Waals surface area contributed by atoms with Crippen LogP contribution in [0.4, 0.5) is 0 Å². The molecule has 0 amide bonds. The highest BCUT2D eigenvalue weighted by atomic mass is 16.5. The minimum absolute atomic E-state index is 0.122. The predicted octanol–water partition coefficient (Wildman–Crippen LogP) is 1.81. The van der Waals surface area contributed by atoms with Crippen LogP contribution < -0.4 is 14.8 Å². The molecule has 4 nitrogen and oxygen atoms in total. The van der Waals surface area contributed by atoms with Crippen molar-refractivity contribution in [3.63, 3.8) is 0 Å². The monoisotopic (exact) mass is 253 g/mol. The minimum atomic E-state index is 0.122. The van der Waals surface area contributed by atoms with E-state index in [1.807, 2.05) is 39.1 Å². The standard InChI is InChI=1S/C14H23NO3/c1-4-17-14-7-12(8-15-3)5-6-13(14)18-10-11(2)9-16/h5-7,11,15-16H,4,8-10H2,1-3H3. The second-order valence-corrected chi connectivity index (χ2v) is 4.34. The number of rotatable bonds is 8. The summed E-state index contributed by atoms with van der Waals surface area (Å²) >= 11 is 0. The van der Waals surface area contributed by atoms with Crippen LogP contribution in [0.5, 0.6) is 11.5 Å². The molecule has 0 spiro atoms. The van der Waals surface area contributed by atoms with E-state index in [4.69, 9.17) is 14.6 Å². The highest BCUT2D eigenvalue weighted by molar-refractivity contribution is 5.43. The maximum atomic E-state index is 8.98. The molecule has 1 rings (SSSR count). The first kappa shape index (κ1) is 14.8. The smallest absolute Gasteiger partial charge is 0.161 e. The van der Waals surface area contributed by atoms with Crippen molar-refractivity contribution in [2.45, 2.75) is 20.4 Å². The molecule has 0 saturated carbocycles. The van der Waals surface area contributed by atoms with E-state index in [-0.39, 0.29) is 12.5 Å². The first-order chi connectivity index (χ1) is 8.71. The van der Waals surface area contributed by atoms with Gasteiger partial charge in [0.1, 0.15) is 0 Å². The summed E-state index contributed by atoms with van der Waals surface area (Å²) in [5.74, 6) is 1.61. The van der Waals surface area contributed by atoms with Crippen molar-refractivity contribution >= 4 is 0 Å². The molecule has 0 aliphatic heterocycles. The van der Waals surface area contributed by atoms with Gasteiger partial charge in [-0.25, -0.2) is 0 Å². The third kappa shape index (κ3) is 4.55. The number of ether oxygens (including phenoxy) is 2. The molecule has 1 unspecified atom stereocenters. The van der Waals surface area contributed by atoms with E-state index < -0.39 is 0 Å². The molecule has 18 heavy (non-hydrogen) atoms. The quantitative estimate of drug-likeness (QED) is 0.742. The first-order valence-corrected chi connectivity index (χ1v) is 6.35. The molecule has 0 aliphatic rings. The Morgan fingerprint density at radius 2 is 2.06 bits per heavy atom. The Labute approximate surface area is 109 Å². The third-order valence-corrected chi connectivity index (χ3v) is 2.52. The van der Waals surface area contributed by atoms with Crippen molar-refractivity contribution in [3.8, 4) is 11.5 Å². The van der Waals surface area contributed by atoms with Gasteiger partial charge in [0.2, 0.25) is 0 Å². The molecule has 102 valence electrons. The molecule has 0 saturated heterocycles. The van der Waals surface area contributed by atoms with Crippen LogP contribution in [-0.2, 0) is 6.54 Å². The van der Waals surface area contributed by atoms with Crippen molar-refractivity contribution in [3.05, 3.63) is 23.8 Å². The topological polar surface area (TPSA) is 50.7 Å². The maximum Gasteiger partial charge on any atom is 0.161 e. The Bertz CT molecular complexity index is 355. The number of aliphatic hydroxyl groups excluding tert-OH is 1. The lowest BCUT2D eigenvalue weighted by Gasteiger charge is -2.15. The molecule has 0 aliphatic carbocycles. The van der Waals surface area contributed by atoms with Crippen molar-refractivity contribution in [1.82, 2.24) is 5.32 Å². The SMILES string of the molecule is CCOc1cc(CNC)ccc1OCC(C)CO. The average molecular weight is 253 g/mol. The molecule has 1 aromatic carbocycles. The second-order valence-electron chi connectivity index (χ2n) is 4.34. The number of benzene rings is 1. The molecular formula is C14H23NO3. The van der Waals surface area contributed by atoms with Gasteiger partial charge in [0.15, 0.2) is 11.5 Å². The van der Waals surface area contributed by atoms with Gasteiger partial charge in [-0.3, -0.25) is 0 Å². The summed E-state index contributed by atoms with van der Waals surface area (Å²) in [7, 11) is 1.91. The molecule has 0 heterocycles. The predicted molar refractivity (Wildman–Crippen MR) is 72.1 cm³/mol. The summed E-state index contributed by atoms with van der Waals surface area (Å²) in [4.78, 5) is 0. The van der Waals surface area contributed by atoms with Crippen LogP contribution in [-0.4, -0.2) is 32.0 Å². The minimum Gasteiger partial charge on any atom is -0.490 e. The van der Waals surface area contributed by atoms with E-state index in [0.29, 0.717) is 13.2 Å². The highest BCUT2D eigenvalue weighted by Crippen LogP contribution is 2.28. The van der Waals surface area contributed by atoms with E-state index >= 15 is 0 Å². The van der Waals surface area contributed by atoms with Gasteiger partial charge in [0.25, 0.3) is 0 Å². The zero-order valence-corrected chi connectivity index (χ0v) is 11.4. The van der Waals surface area contributed by atoms with E-state index in [9.17, 15) is 0 Å². The van der Waals surface area contributed by atoms with Crippen LogP contribution in [0.3, 0.4) is 0 Å². The number of aliphatic hydroxyl groups is 1. The molecule has 0 radical (unpaired) electrons. The van der Waals surface area contributed by atoms with Gasteiger partial charge in [0.05, 0.1) is 13.2 Å². The fourth-order valence-corrected chi connectivity index (χ4v) is 1.54. The van der Waals surface area contributed by atoms with Crippen LogP contribution in [0, 0.1) is 5.92 Å². The van der Waals surface area contributed by atoms with Gasteiger partial charge in [-0.15, -0.1) is 0 Å². The van der Waals surface area contributed by atoms with Crippen LogP contribution in [0.25, 0.3) is 0 Å². The largest absolute Gasteiger partial charge is 0.490 e. The van der Waals surface area contributed by atoms with Crippen LogP contribution in [0.15, 0.2) is 18.2 Å². The Kier molecular flexibility index (Phi) is 6.54. The number of nitrogens with one attached hydrogen (secondary N) is 1. The summed E-state index contributed by atoms with van der Waals surface area (Å²) in [6.07, 6.45) is 0. The van der Waals surface area contributed by atoms with Crippen molar-refractivity contribution in [1.29, 1.82) is 0 Å². The van der Waals surface area contributed by atoms with Gasteiger partial charge >= 0.3 is 0 Å². The van der Waals surface area contributed by atoms with Crippen LogP contribution in [0.2, 0.25) is 0 Å². The third-order valence-electron chi connectivity index (χ3n) is 2.52. The summed E-state index contributed by atoms with van der Waals surface area (Å²) in [6.45, 7) is 5.91. The molecule has 0 aromatic heterocycles. The molecule has 4 heteroatoms. The molecular weight excluding hydrogens is 230 g/mol. The van der Waals surface area contributed by atoms with E-state index in [1.54, 1.807) is 0 Å². The van der Waals surface area contributed by atoms with E-state index in [1.165, 1.54) is 0 Å². The fourth-order valence-electron chi connectivity index (χ4n) is 1.54. The lowest BCUT2D eigenvalue weighted by Crippen LogP contribution is -2.13. The van der Waals surface area contributed by atoms with Crippen molar-refractivity contribution < 1.29 is 14.6 Å². The van der Waals surface area contributed by atoms with Crippen LogP contribution in [0.1, 0.15) is 19.4 Å². The number of hydrogen-bond acceptors (Lipinski definition) is 4. The number of hydrogen-bond donors (Lipinski definition) is 2. The van der Waals surface area contributed by atoms with Crippen LogP contribution >= 0.6 is 0 Å². The van der Waals surface area contributed by atoms with Gasteiger partial charge in [0, 0.05) is 19.1 Å². The Morgan fingerprint density at radius 3 is 2.67 bits per heavy atom. The average Bonchev–Trinajstić information content (AvgIpc) is 2.38. The van der Waals surface area contributed by atoms with Gasteiger partial charge in [-0.1, -0.05) is 13.0 Å². The Morgan fingerprint density at radius 1 is 1.28 bits per heavy atom. The molecule has 1 aromatic rings. The molecule has 0 fully saturated rings. The normalized spacial score (nSPS) is 12.2.